The van der Waals surface area contributed by atoms with Gasteiger partial charge in [-0.1, -0.05) is 42.5 Å². The summed E-state index contributed by atoms with van der Waals surface area (Å²) in [5.41, 5.74) is 7.34. The van der Waals surface area contributed by atoms with Crippen molar-refractivity contribution >= 4 is 11.7 Å². The van der Waals surface area contributed by atoms with Crippen LogP contribution in [0.5, 0.6) is 5.75 Å². The third-order valence-corrected chi connectivity index (χ3v) is 6.58. The van der Waals surface area contributed by atoms with Crippen LogP contribution < -0.4 is 10.1 Å². The fraction of sp³-hybridized carbons (Fsp3) is 0.207. The Morgan fingerprint density at radius 2 is 1.76 bits per heavy atom. The molecule has 0 aliphatic carbocycles. The normalized spacial score (nSPS) is 14.7. The van der Waals surface area contributed by atoms with E-state index in [4.69, 9.17) is 4.74 Å². The number of amides is 2. The number of anilines is 1. The van der Waals surface area contributed by atoms with Gasteiger partial charge in [-0.2, -0.15) is 0 Å². The zero-order chi connectivity index (χ0) is 23.7. The van der Waals surface area contributed by atoms with Crippen molar-refractivity contribution in [3.8, 4) is 11.4 Å². The van der Waals surface area contributed by atoms with E-state index in [1.807, 2.05) is 61.2 Å². The Hall–Kier alpha value is -3.99. The fourth-order valence-electron chi connectivity index (χ4n) is 4.68. The number of rotatable bonds is 4. The molecule has 4 aromatic rings. The van der Waals surface area contributed by atoms with Gasteiger partial charge in [-0.05, 0) is 79.4 Å². The third-order valence-electron chi connectivity index (χ3n) is 6.58. The predicted octanol–water partition coefficient (Wildman–Crippen LogP) is 6.63. The third kappa shape index (κ3) is 3.94. The van der Waals surface area contributed by atoms with E-state index in [1.165, 1.54) is 0 Å². The van der Waals surface area contributed by atoms with Gasteiger partial charge in [-0.15, -0.1) is 0 Å². The number of hydrogen-bond acceptors (Lipinski definition) is 2. The van der Waals surface area contributed by atoms with Crippen molar-refractivity contribution < 1.29 is 9.53 Å². The first-order valence-electron chi connectivity index (χ1n) is 11.7. The van der Waals surface area contributed by atoms with Gasteiger partial charge in [0.1, 0.15) is 5.75 Å². The first kappa shape index (κ1) is 21.8. The van der Waals surface area contributed by atoms with Gasteiger partial charge in [-0.25, -0.2) is 4.79 Å². The van der Waals surface area contributed by atoms with Crippen molar-refractivity contribution in [1.82, 2.24) is 9.47 Å². The fourth-order valence-corrected chi connectivity index (χ4v) is 4.68. The summed E-state index contributed by atoms with van der Waals surface area (Å²) in [7, 11) is 0. The topological polar surface area (TPSA) is 46.5 Å². The van der Waals surface area contributed by atoms with Crippen LogP contribution in [0.1, 0.15) is 40.9 Å². The highest BCUT2D eigenvalue weighted by Crippen LogP contribution is 2.37. The summed E-state index contributed by atoms with van der Waals surface area (Å²) in [6.07, 6.45) is 2.07. The number of hydrogen-bond donors (Lipinski definition) is 1. The number of fused-ring (bicyclic) bond motifs is 3. The second-order valence-electron chi connectivity index (χ2n) is 8.64. The number of aromatic nitrogens is 1. The van der Waals surface area contributed by atoms with Crippen molar-refractivity contribution in [3.05, 3.63) is 113 Å². The smallest absolute Gasteiger partial charge is 0.322 e. The van der Waals surface area contributed by atoms with Crippen LogP contribution in [0.3, 0.4) is 0 Å². The van der Waals surface area contributed by atoms with Gasteiger partial charge in [0.2, 0.25) is 0 Å². The highest BCUT2D eigenvalue weighted by atomic mass is 16.5. The lowest BCUT2D eigenvalue weighted by atomic mass is 10.0. The molecule has 1 aliphatic heterocycles. The average Bonchev–Trinajstić information content (AvgIpc) is 3.27. The van der Waals surface area contributed by atoms with Crippen molar-refractivity contribution in [2.75, 3.05) is 11.9 Å². The summed E-state index contributed by atoms with van der Waals surface area (Å²) in [5, 5.41) is 3.19. The molecule has 2 amide bonds. The van der Waals surface area contributed by atoms with E-state index in [-0.39, 0.29) is 12.1 Å². The molecule has 0 spiro atoms. The van der Waals surface area contributed by atoms with Crippen LogP contribution in [0.2, 0.25) is 0 Å². The van der Waals surface area contributed by atoms with E-state index in [1.54, 1.807) is 0 Å². The number of benzene rings is 3. The number of nitrogens with zero attached hydrogens (tertiary/aromatic N) is 2. The highest BCUT2D eigenvalue weighted by Gasteiger charge is 2.33. The summed E-state index contributed by atoms with van der Waals surface area (Å²) < 4.78 is 7.85. The van der Waals surface area contributed by atoms with E-state index in [2.05, 4.69) is 59.4 Å². The molecule has 1 aromatic heterocycles. The Labute approximate surface area is 200 Å². The Morgan fingerprint density at radius 3 is 2.56 bits per heavy atom. The maximum Gasteiger partial charge on any atom is 0.322 e. The van der Waals surface area contributed by atoms with Crippen LogP contribution >= 0.6 is 0 Å². The maximum absolute atomic E-state index is 13.9. The number of aryl methyl sites for hydroxylation is 1. The predicted molar refractivity (Wildman–Crippen MR) is 136 cm³/mol. The first-order valence-corrected chi connectivity index (χ1v) is 11.7. The number of para-hydroxylation sites is 1. The van der Waals surface area contributed by atoms with Crippen LogP contribution in [0.4, 0.5) is 10.5 Å². The molecule has 0 saturated heterocycles. The van der Waals surface area contributed by atoms with E-state index in [9.17, 15) is 4.79 Å². The minimum absolute atomic E-state index is 0.128. The Morgan fingerprint density at radius 1 is 0.971 bits per heavy atom. The average molecular weight is 452 g/mol. The Bertz CT molecular complexity index is 1320. The van der Waals surface area contributed by atoms with Gasteiger partial charge in [0, 0.05) is 17.6 Å². The van der Waals surface area contributed by atoms with Crippen molar-refractivity contribution in [2.45, 2.75) is 33.4 Å². The summed E-state index contributed by atoms with van der Waals surface area (Å²) in [5.74, 6) is 0.824. The van der Waals surface area contributed by atoms with Crippen LogP contribution in [0.15, 0.2) is 85.1 Å². The van der Waals surface area contributed by atoms with Gasteiger partial charge < -0.3 is 19.5 Å². The summed E-state index contributed by atoms with van der Waals surface area (Å²) in [4.78, 5) is 15.8. The van der Waals surface area contributed by atoms with E-state index < -0.39 is 0 Å². The maximum atomic E-state index is 13.9. The van der Waals surface area contributed by atoms with Crippen LogP contribution in [0.25, 0.3) is 5.69 Å². The van der Waals surface area contributed by atoms with E-state index in [0.29, 0.717) is 13.2 Å². The van der Waals surface area contributed by atoms with Gasteiger partial charge >= 0.3 is 6.03 Å². The lowest BCUT2D eigenvalue weighted by Gasteiger charge is -2.31. The van der Waals surface area contributed by atoms with Gasteiger partial charge in [-0.3, -0.25) is 0 Å². The molecule has 172 valence electrons. The summed E-state index contributed by atoms with van der Waals surface area (Å²) in [6, 6.07) is 26.1. The second kappa shape index (κ2) is 9.10. The molecule has 5 heteroatoms. The van der Waals surface area contributed by atoms with Gasteiger partial charge in [0.05, 0.1) is 24.9 Å². The molecule has 0 radical (unpaired) electrons. The monoisotopic (exact) mass is 451 g/mol. The molecule has 0 fully saturated rings. The molecule has 2 heterocycles. The van der Waals surface area contributed by atoms with Crippen LogP contribution in [-0.4, -0.2) is 22.1 Å². The standard InChI is InChI=1S/C29H29N3O2/c1-4-34-24-16-14-22(15-17-24)28-27-13-8-18-31(27)26-12-6-5-10-23(26)19-32(28)29(33)30-25-11-7-9-20(2)21(25)3/h5-18,28H,4,19H2,1-3H3,(H,30,33). The minimum atomic E-state index is -0.261. The summed E-state index contributed by atoms with van der Waals surface area (Å²) >= 11 is 0. The molecule has 0 saturated carbocycles. The molecule has 1 unspecified atom stereocenters. The van der Waals surface area contributed by atoms with Crippen LogP contribution in [-0.2, 0) is 6.54 Å². The molecule has 1 atom stereocenters. The minimum Gasteiger partial charge on any atom is -0.494 e. The Kier molecular flexibility index (Phi) is 5.84. The molecule has 5 rings (SSSR count). The second-order valence-corrected chi connectivity index (χ2v) is 8.64. The molecule has 1 N–H and O–H groups in total. The summed E-state index contributed by atoms with van der Waals surface area (Å²) in [6.45, 7) is 7.18. The number of carbonyl (C=O) groups excluding carboxylic acids is 1. The van der Waals surface area contributed by atoms with E-state index in [0.717, 1.165) is 45.1 Å². The quantitative estimate of drug-likeness (QED) is 0.378. The largest absolute Gasteiger partial charge is 0.494 e. The van der Waals surface area contributed by atoms with Crippen molar-refractivity contribution in [1.29, 1.82) is 0 Å². The molecule has 1 aliphatic rings. The number of urea groups is 1. The highest BCUT2D eigenvalue weighted by molar-refractivity contribution is 5.91. The molecule has 0 bridgehead atoms. The van der Waals surface area contributed by atoms with E-state index >= 15 is 0 Å². The van der Waals surface area contributed by atoms with Crippen LogP contribution in [0, 0.1) is 13.8 Å². The SMILES string of the molecule is CCOc1ccc(C2c3cccn3-c3ccccc3CN2C(=O)Nc2cccc(C)c2C)cc1. The van der Waals surface area contributed by atoms with Crippen molar-refractivity contribution in [3.63, 3.8) is 0 Å². The lowest BCUT2D eigenvalue weighted by Crippen LogP contribution is -2.38. The molecular formula is C29H29N3O2. The molecule has 5 nitrogen and oxygen atoms in total. The van der Waals surface area contributed by atoms with Gasteiger partial charge in [0.15, 0.2) is 0 Å². The van der Waals surface area contributed by atoms with Crippen molar-refractivity contribution in [2.24, 2.45) is 0 Å². The molecule has 3 aromatic carbocycles. The van der Waals surface area contributed by atoms with Gasteiger partial charge in [0.25, 0.3) is 0 Å². The molecule has 34 heavy (non-hydrogen) atoms. The number of nitrogens with one attached hydrogen (secondary N) is 1. The Balaban J connectivity index is 1.61. The number of carbonyl (C=O) groups is 1. The zero-order valence-corrected chi connectivity index (χ0v) is 19.8. The first-order chi connectivity index (χ1) is 16.6. The molecular weight excluding hydrogens is 422 g/mol. The lowest BCUT2D eigenvalue weighted by molar-refractivity contribution is 0.194. The number of ether oxygens (including phenoxy) is 1. The zero-order valence-electron chi connectivity index (χ0n) is 19.8.